The highest BCUT2D eigenvalue weighted by Gasteiger charge is 2.22. The Balaban J connectivity index is 1.76. The molecule has 0 radical (unpaired) electrons. The molecule has 138 valence electrons. The molecule has 0 saturated carbocycles. The molecule has 26 heavy (non-hydrogen) atoms. The van der Waals surface area contributed by atoms with E-state index < -0.39 is 0 Å². The smallest absolute Gasteiger partial charge is 0.219 e. The molecule has 2 aromatic carbocycles. The van der Waals surface area contributed by atoms with Gasteiger partial charge in [0.2, 0.25) is 5.91 Å². The topological polar surface area (TPSA) is 48.0 Å². The van der Waals surface area contributed by atoms with Crippen molar-refractivity contribution in [1.29, 1.82) is 0 Å². The van der Waals surface area contributed by atoms with Crippen LogP contribution in [0.4, 0.5) is 0 Å². The van der Waals surface area contributed by atoms with Crippen LogP contribution in [0, 0.1) is 0 Å². The predicted molar refractivity (Wildman–Crippen MR) is 101 cm³/mol. The van der Waals surface area contributed by atoms with Gasteiger partial charge in [-0.3, -0.25) is 4.79 Å². The number of carbonyl (C=O) groups excluding carboxylic acids is 1. The quantitative estimate of drug-likeness (QED) is 0.819. The number of hydrogen-bond acceptors (Lipinski definition) is 4. The minimum atomic E-state index is 0.132. The van der Waals surface area contributed by atoms with Crippen molar-refractivity contribution in [3.8, 4) is 28.4 Å². The Labute approximate surface area is 154 Å². The highest BCUT2D eigenvalue weighted by Crippen LogP contribution is 2.35. The van der Waals surface area contributed by atoms with Crippen LogP contribution in [0.1, 0.15) is 19.8 Å². The fourth-order valence-electron chi connectivity index (χ4n) is 3.26. The first-order valence-electron chi connectivity index (χ1n) is 8.85. The Bertz CT molecular complexity index is 766. The lowest BCUT2D eigenvalue weighted by Gasteiger charge is -2.31. The Morgan fingerprint density at radius 3 is 2.42 bits per heavy atom. The third kappa shape index (κ3) is 4.10. The van der Waals surface area contributed by atoms with Crippen molar-refractivity contribution in [1.82, 2.24) is 4.90 Å². The summed E-state index contributed by atoms with van der Waals surface area (Å²) in [4.78, 5) is 13.3. The predicted octanol–water partition coefficient (Wildman–Crippen LogP) is 3.76. The standard InChI is InChI=1S/C21H25NO4/c1-15(23)22-11-9-17(10-12-22)26-19-6-4-5-16(13-19)20-14-18(24-2)7-8-21(20)25-3/h4-8,13-14,17H,9-12H2,1-3H3. The highest BCUT2D eigenvalue weighted by atomic mass is 16.5. The van der Waals surface area contributed by atoms with Gasteiger partial charge in [-0.15, -0.1) is 0 Å². The number of amides is 1. The third-order valence-corrected chi connectivity index (χ3v) is 4.74. The summed E-state index contributed by atoms with van der Waals surface area (Å²) >= 11 is 0. The zero-order valence-corrected chi connectivity index (χ0v) is 15.5. The summed E-state index contributed by atoms with van der Waals surface area (Å²) in [5, 5.41) is 0. The fraction of sp³-hybridized carbons (Fsp3) is 0.381. The largest absolute Gasteiger partial charge is 0.497 e. The summed E-state index contributed by atoms with van der Waals surface area (Å²) in [5.41, 5.74) is 1.98. The normalized spacial score (nSPS) is 14.8. The van der Waals surface area contributed by atoms with Gasteiger partial charge in [0, 0.05) is 38.4 Å². The SMILES string of the molecule is COc1ccc(OC)c(-c2cccc(OC3CCN(C(C)=O)CC3)c2)c1. The van der Waals surface area contributed by atoms with Crippen molar-refractivity contribution in [2.24, 2.45) is 0 Å². The van der Waals surface area contributed by atoms with Crippen LogP contribution in [0.2, 0.25) is 0 Å². The maximum Gasteiger partial charge on any atom is 0.219 e. The second-order valence-corrected chi connectivity index (χ2v) is 6.42. The van der Waals surface area contributed by atoms with Crippen molar-refractivity contribution >= 4 is 5.91 Å². The van der Waals surface area contributed by atoms with Gasteiger partial charge in [-0.1, -0.05) is 12.1 Å². The fourth-order valence-corrected chi connectivity index (χ4v) is 3.26. The first kappa shape index (κ1) is 18.1. The van der Waals surface area contributed by atoms with Gasteiger partial charge in [-0.05, 0) is 35.9 Å². The molecule has 0 spiro atoms. The molecule has 3 rings (SSSR count). The van der Waals surface area contributed by atoms with E-state index in [1.807, 2.05) is 47.4 Å². The lowest BCUT2D eigenvalue weighted by Crippen LogP contribution is -2.40. The molecule has 0 unspecified atom stereocenters. The van der Waals surface area contributed by atoms with E-state index in [0.717, 1.165) is 54.3 Å². The van der Waals surface area contributed by atoms with Crippen LogP contribution in [0.25, 0.3) is 11.1 Å². The van der Waals surface area contributed by atoms with E-state index in [2.05, 4.69) is 0 Å². The number of benzene rings is 2. The first-order valence-corrected chi connectivity index (χ1v) is 8.85. The minimum Gasteiger partial charge on any atom is -0.497 e. The monoisotopic (exact) mass is 355 g/mol. The number of likely N-dealkylation sites (tertiary alicyclic amines) is 1. The average Bonchev–Trinajstić information content (AvgIpc) is 2.68. The van der Waals surface area contributed by atoms with Gasteiger partial charge in [0.05, 0.1) is 14.2 Å². The Morgan fingerprint density at radius 2 is 1.77 bits per heavy atom. The lowest BCUT2D eigenvalue weighted by atomic mass is 10.0. The summed E-state index contributed by atoms with van der Waals surface area (Å²) in [6, 6.07) is 13.7. The van der Waals surface area contributed by atoms with Gasteiger partial charge in [0.15, 0.2) is 0 Å². The zero-order chi connectivity index (χ0) is 18.5. The lowest BCUT2D eigenvalue weighted by molar-refractivity contribution is -0.130. The van der Waals surface area contributed by atoms with Gasteiger partial charge in [-0.2, -0.15) is 0 Å². The van der Waals surface area contributed by atoms with Crippen molar-refractivity contribution in [3.63, 3.8) is 0 Å². The molecule has 1 aliphatic heterocycles. The Morgan fingerprint density at radius 1 is 1.00 bits per heavy atom. The van der Waals surface area contributed by atoms with E-state index in [-0.39, 0.29) is 12.0 Å². The molecule has 5 nitrogen and oxygen atoms in total. The van der Waals surface area contributed by atoms with Crippen LogP contribution in [0.15, 0.2) is 42.5 Å². The molecule has 0 atom stereocenters. The van der Waals surface area contributed by atoms with E-state index in [1.54, 1.807) is 21.1 Å². The molecule has 0 aromatic heterocycles. The first-order chi connectivity index (χ1) is 12.6. The molecule has 1 amide bonds. The second-order valence-electron chi connectivity index (χ2n) is 6.42. The highest BCUT2D eigenvalue weighted by molar-refractivity contribution is 5.73. The molecule has 1 fully saturated rings. The summed E-state index contributed by atoms with van der Waals surface area (Å²) in [6.45, 7) is 3.12. The molecule has 0 aliphatic carbocycles. The molecule has 0 bridgehead atoms. The number of piperidine rings is 1. The molecule has 1 aliphatic rings. The Hall–Kier alpha value is -2.69. The third-order valence-electron chi connectivity index (χ3n) is 4.74. The van der Waals surface area contributed by atoms with Crippen LogP contribution in [-0.2, 0) is 4.79 Å². The van der Waals surface area contributed by atoms with E-state index in [4.69, 9.17) is 14.2 Å². The summed E-state index contributed by atoms with van der Waals surface area (Å²) in [7, 11) is 3.31. The van der Waals surface area contributed by atoms with Crippen molar-refractivity contribution in [2.45, 2.75) is 25.9 Å². The number of methoxy groups -OCH3 is 2. The van der Waals surface area contributed by atoms with Gasteiger partial charge in [0.1, 0.15) is 23.4 Å². The number of rotatable bonds is 5. The molecule has 1 saturated heterocycles. The van der Waals surface area contributed by atoms with Crippen molar-refractivity contribution < 1.29 is 19.0 Å². The average molecular weight is 355 g/mol. The number of carbonyl (C=O) groups is 1. The van der Waals surface area contributed by atoms with Crippen LogP contribution >= 0.6 is 0 Å². The molecular formula is C21H25NO4. The van der Waals surface area contributed by atoms with E-state index >= 15 is 0 Å². The van der Waals surface area contributed by atoms with Gasteiger partial charge < -0.3 is 19.1 Å². The molecular weight excluding hydrogens is 330 g/mol. The Kier molecular flexibility index (Phi) is 5.66. The van der Waals surface area contributed by atoms with E-state index in [1.165, 1.54) is 0 Å². The van der Waals surface area contributed by atoms with Crippen LogP contribution in [0.5, 0.6) is 17.2 Å². The summed E-state index contributed by atoms with van der Waals surface area (Å²) in [6.07, 6.45) is 1.84. The van der Waals surface area contributed by atoms with Gasteiger partial charge >= 0.3 is 0 Å². The molecule has 0 N–H and O–H groups in total. The maximum absolute atomic E-state index is 11.4. The van der Waals surface area contributed by atoms with E-state index in [0.29, 0.717) is 0 Å². The number of nitrogens with zero attached hydrogens (tertiary/aromatic N) is 1. The maximum atomic E-state index is 11.4. The van der Waals surface area contributed by atoms with Gasteiger partial charge in [0.25, 0.3) is 0 Å². The van der Waals surface area contributed by atoms with Crippen molar-refractivity contribution in [3.05, 3.63) is 42.5 Å². The molecule has 2 aromatic rings. The number of hydrogen-bond donors (Lipinski definition) is 0. The minimum absolute atomic E-state index is 0.132. The van der Waals surface area contributed by atoms with Crippen molar-refractivity contribution in [2.75, 3.05) is 27.3 Å². The molecule has 5 heteroatoms. The van der Waals surface area contributed by atoms with E-state index in [9.17, 15) is 4.79 Å². The van der Waals surface area contributed by atoms with Crippen LogP contribution < -0.4 is 14.2 Å². The summed E-state index contributed by atoms with van der Waals surface area (Å²) < 4.78 is 17.0. The zero-order valence-electron chi connectivity index (χ0n) is 15.5. The van der Waals surface area contributed by atoms with Crippen LogP contribution in [-0.4, -0.2) is 44.2 Å². The van der Waals surface area contributed by atoms with Gasteiger partial charge in [-0.25, -0.2) is 0 Å². The second kappa shape index (κ2) is 8.13. The summed E-state index contributed by atoms with van der Waals surface area (Å²) in [5.74, 6) is 2.53. The number of ether oxygens (including phenoxy) is 3. The van der Waals surface area contributed by atoms with Crippen LogP contribution in [0.3, 0.4) is 0 Å². The molecule has 1 heterocycles.